The topological polar surface area (TPSA) is 88.4 Å². The van der Waals surface area contributed by atoms with Crippen molar-refractivity contribution in [3.63, 3.8) is 0 Å². The summed E-state index contributed by atoms with van der Waals surface area (Å²) >= 11 is 0. The van der Waals surface area contributed by atoms with E-state index in [0.717, 1.165) is 24.1 Å². The molecule has 0 aliphatic rings. The Kier molecular flexibility index (Phi) is 10.9. The molecule has 0 aliphatic carbocycles. The first-order chi connectivity index (χ1) is 14.2. The molecule has 1 aromatic carbocycles. The van der Waals surface area contributed by atoms with E-state index in [1.807, 2.05) is 18.7 Å². The van der Waals surface area contributed by atoms with Crippen LogP contribution in [0.5, 0.6) is 0 Å². The van der Waals surface area contributed by atoms with Crippen LogP contribution in [0.3, 0.4) is 0 Å². The first-order valence-electron chi connectivity index (χ1n) is 10.2. The molecule has 0 aliphatic heterocycles. The van der Waals surface area contributed by atoms with Crippen molar-refractivity contribution in [2.24, 2.45) is 12.0 Å². The van der Waals surface area contributed by atoms with Gasteiger partial charge in [0.05, 0.1) is 18.0 Å². The van der Waals surface area contributed by atoms with E-state index in [-0.39, 0.29) is 36.3 Å². The Labute approximate surface area is 201 Å². The van der Waals surface area contributed by atoms with Crippen molar-refractivity contribution < 1.29 is 12.8 Å². The Morgan fingerprint density at radius 2 is 1.87 bits per heavy atom. The summed E-state index contributed by atoms with van der Waals surface area (Å²) < 4.78 is 39.1. The quantitative estimate of drug-likeness (QED) is 0.277. The molecule has 0 radical (unpaired) electrons. The number of benzene rings is 1. The van der Waals surface area contributed by atoms with Gasteiger partial charge >= 0.3 is 0 Å². The van der Waals surface area contributed by atoms with Crippen molar-refractivity contribution in [3.05, 3.63) is 52.1 Å². The lowest BCUT2D eigenvalue weighted by atomic mass is 10.1. The molecule has 7 nitrogen and oxygen atoms in total. The fourth-order valence-corrected chi connectivity index (χ4v) is 4.28. The highest BCUT2D eigenvalue weighted by Crippen LogP contribution is 2.17. The van der Waals surface area contributed by atoms with Gasteiger partial charge in [0, 0.05) is 37.7 Å². The molecular weight excluding hydrogens is 532 g/mol. The maximum atomic E-state index is 13.8. The fourth-order valence-electron chi connectivity index (χ4n) is 3.44. The van der Waals surface area contributed by atoms with Gasteiger partial charge in [-0.25, -0.2) is 17.8 Å². The van der Waals surface area contributed by atoms with Gasteiger partial charge in [0.1, 0.15) is 5.82 Å². The van der Waals surface area contributed by atoms with E-state index in [1.165, 1.54) is 30.1 Å². The minimum Gasteiger partial charge on any atom is -0.357 e. The lowest BCUT2D eigenvalue weighted by Crippen LogP contribution is -2.37. The summed E-state index contributed by atoms with van der Waals surface area (Å²) in [4.78, 5) is 4.55. The van der Waals surface area contributed by atoms with Crippen molar-refractivity contribution >= 4 is 39.8 Å². The molecule has 10 heteroatoms. The second-order valence-electron chi connectivity index (χ2n) is 7.23. The van der Waals surface area contributed by atoms with Gasteiger partial charge in [0.25, 0.3) is 0 Å². The number of guanidine groups is 1. The predicted molar refractivity (Wildman–Crippen MR) is 134 cm³/mol. The summed E-state index contributed by atoms with van der Waals surface area (Å²) in [5.41, 5.74) is 4.51. The minimum absolute atomic E-state index is 0. The van der Waals surface area contributed by atoms with Gasteiger partial charge in [0.15, 0.2) is 15.8 Å². The smallest absolute Gasteiger partial charge is 0.191 e. The predicted octanol–water partition coefficient (Wildman–Crippen LogP) is 3.10. The third-order valence-corrected chi connectivity index (χ3v) is 5.63. The number of aromatic nitrogens is 2. The first-order valence-corrected chi connectivity index (χ1v) is 12.2. The maximum absolute atomic E-state index is 13.8. The molecule has 0 bridgehead atoms. The van der Waals surface area contributed by atoms with Gasteiger partial charge in [-0.3, -0.25) is 4.68 Å². The van der Waals surface area contributed by atoms with E-state index in [9.17, 15) is 12.8 Å². The number of halogens is 2. The zero-order valence-electron chi connectivity index (χ0n) is 18.8. The van der Waals surface area contributed by atoms with Crippen molar-refractivity contribution in [1.82, 2.24) is 20.4 Å². The van der Waals surface area contributed by atoms with Crippen LogP contribution in [-0.2, 0) is 48.6 Å². The molecule has 1 heterocycles. The van der Waals surface area contributed by atoms with Crippen LogP contribution in [0.4, 0.5) is 4.39 Å². The van der Waals surface area contributed by atoms with Crippen molar-refractivity contribution in [2.75, 3.05) is 12.8 Å². The molecule has 0 spiro atoms. The largest absolute Gasteiger partial charge is 0.357 e. The molecule has 0 atom stereocenters. The molecule has 0 saturated heterocycles. The highest BCUT2D eigenvalue weighted by molar-refractivity contribution is 14.0. The zero-order valence-corrected chi connectivity index (χ0v) is 22.0. The summed E-state index contributed by atoms with van der Waals surface area (Å²) in [7, 11) is -1.28. The molecule has 0 fully saturated rings. The van der Waals surface area contributed by atoms with E-state index in [2.05, 4.69) is 34.6 Å². The van der Waals surface area contributed by atoms with Gasteiger partial charge in [-0.15, -0.1) is 24.0 Å². The summed E-state index contributed by atoms with van der Waals surface area (Å²) in [6.07, 6.45) is 2.89. The van der Waals surface area contributed by atoms with Crippen LogP contribution < -0.4 is 10.6 Å². The number of hydrogen-bond donors (Lipinski definition) is 2. The standard InChI is InChI=1S/C21H32FN5O2S.HI/c1-6-19-18(20(7-2)27(4)26-19)13-25-21(23-8-3)24-12-16-11-17(22)10-9-15(16)14-30(5,28)29;/h9-11H,6-8,12-14H2,1-5H3,(H2,23,24,25);1H. The second-order valence-corrected chi connectivity index (χ2v) is 9.37. The van der Waals surface area contributed by atoms with Gasteiger partial charge in [-0.05, 0) is 43.0 Å². The van der Waals surface area contributed by atoms with Gasteiger partial charge in [0.2, 0.25) is 0 Å². The third-order valence-electron chi connectivity index (χ3n) is 4.80. The van der Waals surface area contributed by atoms with E-state index in [0.29, 0.717) is 30.2 Å². The van der Waals surface area contributed by atoms with Crippen LogP contribution in [0, 0.1) is 5.82 Å². The van der Waals surface area contributed by atoms with Crippen LogP contribution in [0.25, 0.3) is 0 Å². The molecule has 2 rings (SSSR count). The highest BCUT2D eigenvalue weighted by Gasteiger charge is 2.14. The normalized spacial score (nSPS) is 11.9. The lowest BCUT2D eigenvalue weighted by Gasteiger charge is -2.13. The molecular formula is C21H33FIN5O2S. The highest BCUT2D eigenvalue weighted by atomic mass is 127. The van der Waals surface area contributed by atoms with Crippen molar-refractivity contribution in [3.8, 4) is 0 Å². The van der Waals surface area contributed by atoms with Crippen molar-refractivity contribution in [2.45, 2.75) is 52.5 Å². The summed E-state index contributed by atoms with van der Waals surface area (Å²) in [6, 6.07) is 4.13. The Bertz CT molecular complexity index is 1010. The van der Waals surface area contributed by atoms with Gasteiger partial charge in [-0.1, -0.05) is 19.9 Å². The molecule has 31 heavy (non-hydrogen) atoms. The van der Waals surface area contributed by atoms with Crippen molar-refractivity contribution in [1.29, 1.82) is 0 Å². The number of sulfone groups is 1. The summed E-state index contributed by atoms with van der Waals surface area (Å²) in [5.74, 6) is 0.0308. The van der Waals surface area contributed by atoms with Crippen LogP contribution >= 0.6 is 24.0 Å². The summed E-state index contributed by atoms with van der Waals surface area (Å²) in [5, 5.41) is 11.1. The average Bonchev–Trinajstić information content (AvgIpc) is 2.99. The summed E-state index contributed by atoms with van der Waals surface area (Å²) in [6.45, 7) is 7.56. The van der Waals surface area contributed by atoms with E-state index >= 15 is 0 Å². The fraction of sp³-hybridized carbons (Fsp3) is 0.524. The Morgan fingerprint density at radius 3 is 2.45 bits per heavy atom. The number of rotatable bonds is 9. The number of aryl methyl sites for hydroxylation is 2. The number of nitrogens with zero attached hydrogens (tertiary/aromatic N) is 3. The number of nitrogens with one attached hydrogen (secondary N) is 2. The Hall–Kier alpha value is -1.69. The zero-order chi connectivity index (χ0) is 22.3. The average molecular weight is 565 g/mol. The SMILES string of the molecule is CCNC(=NCc1cc(F)ccc1CS(C)(=O)=O)NCc1c(CC)nn(C)c1CC.I. The van der Waals surface area contributed by atoms with E-state index < -0.39 is 15.7 Å². The van der Waals surface area contributed by atoms with Crippen LogP contribution in [0.1, 0.15) is 48.8 Å². The maximum Gasteiger partial charge on any atom is 0.191 e. The van der Waals surface area contributed by atoms with E-state index in [1.54, 1.807) is 0 Å². The van der Waals surface area contributed by atoms with Crippen LogP contribution in [-0.4, -0.2) is 37.0 Å². The van der Waals surface area contributed by atoms with Crippen LogP contribution in [0.2, 0.25) is 0 Å². The molecule has 0 saturated carbocycles. The monoisotopic (exact) mass is 565 g/mol. The number of aliphatic imine (C=N–C) groups is 1. The molecule has 2 N–H and O–H groups in total. The number of hydrogen-bond acceptors (Lipinski definition) is 4. The molecule has 2 aromatic rings. The molecule has 1 aromatic heterocycles. The Morgan fingerprint density at radius 1 is 1.16 bits per heavy atom. The lowest BCUT2D eigenvalue weighted by molar-refractivity contribution is 0.600. The molecule has 0 unspecified atom stereocenters. The van der Waals surface area contributed by atoms with Gasteiger partial charge in [-0.2, -0.15) is 5.10 Å². The third kappa shape index (κ3) is 8.06. The van der Waals surface area contributed by atoms with Gasteiger partial charge < -0.3 is 10.6 Å². The molecule has 0 amide bonds. The second kappa shape index (κ2) is 12.4. The van der Waals surface area contributed by atoms with Crippen LogP contribution in [0.15, 0.2) is 23.2 Å². The first kappa shape index (κ1) is 27.3. The Balaban J connectivity index is 0.00000480. The van der Waals surface area contributed by atoms with E-state index in [4.69, 9.17) is 0 Å². The minimum atomic E-state index is -3.23. The molecule has 174 valence electrons.